The number of fused-ring (bicyclic) bond motifs is 1. The summed E-state index contributed by atoms with van der Waals surface area (Å²) < 4.78 is 25.0. The Kier molecular flexibility index (Phi) is 3.77. The summed E-state index contributed by atoms with van der Waals surface area (Å²) in [6.45, 7) is 0.648. The summed E-state index contributed by atoms with van der Waals surface area (Å²) in [7, 11) is 1.50. The van der Waals surface area contributed by atoms with E-state index in [2.05, 4.69) is 5.43 Å². The van der Waals surface area contributed by atoms with Crippen LogP contribution < -0.4 is 20.7 Å². The van der Waals surface area contributed by atoms with Gasteiger partial charge in [-0.1, -0.05) is 24.3 Å². The molecule has 0 bridgehead atoms. The maximum Gasteiger partial charge on any atom is 0.132 e. The van der Waals surface area contributed by atoms with Gasteiger partial charge >= 0.3 is 0 Å². The average Bonchev–Trinajstić information content (AvgIpc) is 2.98. The zero-order valence-corrected chi connectivity index (χ0v) is 11.7. The van der Waals surface area contributed by atoms with Gasteiger partial charge in [0.2, 0.25) is 0 Å². The molecule has 0 amide bonds. The average molecular weight is 288 g/mol. The molecule has 0 aromatic heterocycles. The molecule has 0 spiro atoms. The molecule has 5 heteroatoms. The Balaban J connectivity index is 2.05. The Hall–Kier alpha value is -2.11. The number of halogens is 1. The third kappa shape index (κ3) is 2.46. The van der Waals surface area contributed by atoms with Gasteiger partial charge in [0.1, 0.15) is 17.3 Å². The van der Waals surface area contributed by atoms with Gasteiger partial charge in [0.15, 0.2) is 0 Å². The standard InChI is InChI=1S/C16H17FN2O2/c1-20-11-5-6-12(14(17)9-11)15(19-18)13-4-2-3-10-7-8-21-16(10)13/h2-6,9,15,19H,7-8,18H2,1H3. The van der Waals surface area contributed by atoms with Gasteiger partial charge in [0, 0.05) is 23.6 Å². The summed E-state index contributed by atoms with van der Waals surface area (Å²) in [5.41, 5.74) is 5.11. The first kappa shape index (κ1) is 13.9. The zero-order valence-electron chi connectivity index (χ0n) is 11.7. The number of hydrazine groups is 1. The van der Waals surface area contributed by atoms with Crippen molar-refractivity contribution in [1.29, 1.82) is 0 Å². The van der Waals surface area contributed by atoms with E-state index in [4.69, 9.17) is 15.3 Å². The molecule has 1 unspecified atom stereocenters. The lowest BCUT2D eigenvalue weighted by Crippen LogP contribution is -2.29. The summed E-state index contributed by atoms with van der Waals surface area (Å²) in [5, 5.41) is 0. The van der Waals surface area contributed by atoms with E-state index in [9.17, 15) is 4.39 Å². The van der Waals surface area contributed by atoms with Crippen molar-refractivity contribution in [3.05, 3.63) is 58.9 Å². The largest absolute Gasteiger partial charge is 0.497 e. The highest BCUT2D eigenvalue weighted by Gasteiger charge is 2.24. The van der Waals surface area contributed by atoms with Crippen LogP contribution in [0.25, 0.3) is 0 Å². The first-order chi connectivity index (χ1) is 10.2. The number of benzene rings is 2. The Morgan fingerprint density at radius 2 is 2.14 bits per heavy atom. The molecule has 0 radical (unpaired) electrons. The van der Waals surface area contributed by atoms with Crippen molar-refractivity contribution in [2.24, 2.45) is 5.84 Å². The highest BCUT2D eigenvalue weighted by Crippen LogP contribution is 2.37. The second kappa shape index (κ2) is 5.71. The number of hydrogen-bond donors (Lipinski definition) is 2. The molecule has 2 aromatic carbocycles. The molecule has 0 saturated carbocycles. The van der Waals surface area contributed by atoms with E-state index in [1.807, 2.05) is 18.2 Å². The fourth-order valence-electron chi connectivity index (χ4n) is 2.68. The Morgan fingerprint density at radius 3 is 2.86 bits per heavy atom. The Bertz CT molecular complexity index is 661. The van der Waals surface area contributed by atoms with Crippen molar-refractivity contribution < 1.29 is 13.9 Å². The number of para-hydroxylation sites is 1. The quantitative estimate of drug-likeness (QED) is 0.669. The van der Waals surface area contributed by atoms with Crippen LogP contribution in [0.5, 0.6) is 11.5 Å². The highest BCUT2D eigenvalue weighted by molar-refractivity contribution is 5.49. The van der Waals surface area contributed by atoms with Crippen molar-refractivity contribution in [3.8, 4) is 11.5 Å². The molecule has 0 aliphatic carbocycles. The minimum atomic E-state index is -0.469. The molecule has 1 aliphatic heterocycles. The third-order valence-corrected chi connectivity index (χ3v) is 3.74. The molecule has 3 rings (SSSR count). The van der Waals surface area contributed by atoms with Gasteiger partial charge in [0.25, 0.3) is 0 Å². The van der Waals surface area contributed by atoms with Crippen LogP contribution in [0.15, 0.2) is 36.4 Å². The molecule has 0 fully saturated rings. The second-order valence-electron chi connectivity index (χ2n) is 4.92. The van der Waals surface area contributed by atoms with Crippen LogP contribution in [0.4, 0.5) is 4.39 Å². The minimum Gasteiger partial charge on any atom is -0.497 e. The lowest BCUT2D eigenvalue weighted by molar-refractivity contribution is 0.350. The van der Waals surface area contributed by atoms with Crippen molar-refractivity contribution >= 4 is 0 Å². The molecule has 1 atom stereocenters. The van der Waals surface area contributed by atoms with E-state index in [-0.39, 0.29) is 5.82 Å². The fourth-order valence-corrected chi connectivity index (χ4v) is 2.68. The van der Waals surface area contributed by atoms with Gasteiger partial charge in [-0.15, -0.1) is 0 Å². The number of rotatable bonds is 4. The summed E-state index contributed by atoms with van der Waals surface area (Å²) in [6, 6.07) is 10.1. The highest BCUT2D eigenvalue weighted by atomic mass is 19.1. The molecule has 1 heterocycles. The van der Waals surface area contributed by atoms with Crippen LogP contribution in [0, 0.1) is 5.82 Å². The molecular formula is C16H17FN2O2. The smallest absolute Gasteiger partial charge is 0.132 e. The van der Waals surface area contributed by atoms with E-state index in [0.717, 1.165) is 23.3 Å². The number of nitrogens with one attached hydrogen (secondary N) is 1. The van der Waals surface area contributed by atoms with E-state index < -0.39 is 6.04 Å². The van der Waals surface area contributed by atoms with Gasteiger partial charge in [-0.25, -0.2) is 9.82 Å². The zero-order chi connectivity index (χ0) is 14.8. The van der Waals surface area contributed by atoms with E-state index in [1.54, 1.807) is 12.1 Å². The van der Waals surface area contributed by atoms with Gasteiger partial charge in [-0.05, 0) is 11.6 Å². The molecule has 21 heavy (non-hydrogen) atoms. The summed E-state index contributed by atoms with van der Waals surface area (Å²) in [5.74, 6) is 6.57. The summed E-state index contributed by atoms with van der Waals surface area (Å²) in [4.78, 5) is 0. The molecular weight excluding hydrogens is 271 g/mol. The lowest BCUT2D eigenvalue weighted by atomic mass is 9.96. The normalized spacial score (nSPS) is 14.4. The third-order valence-electron chi connectivity index (χ3n) is 3.74. The summed E-state index contributed by atoms with van der Waals surface area (Å²) >= 11 is 0. The molecule has 0 saturated heterocycles. The Labute approximate surface area is 122 Å². The van der Waals surface area contributed by atoms with Gasteiger partial charge in [-0.2, -0.15) is 0 Å². The van der Waals surface area contributed by atoms with E-state index in [0.29, 0.717) is 17.9 Å². The first-order valence-electron chi connectivity index (χ1n) is 6.78. The van der Waals surface area contributed by atoms with Crippen molar-refractivity contribution in [1.82, 2.24) is 5.43 Å². The molecule has 1 aliphatic rings. The predicted molar refractivity (Wildman–Crippen MR) is 77.8 cm³/mol. The maximum atomic E-state index is 14.3. The number of methoxy groups -OCH3 is 1. The van der Waals surface area contributed by atoms with Crippen LogP contribution in [0.3, 0.4) is 0 Å². The van der Waals surface area contributed by atoms with E-state index >= 15 is 0 Å². The van der Waals surface area contributed by atoms with E-state index in [1.165, 1.54) is 13.2 Å². The van der Waals surface area contributed by atoms with Crippen LogP contribution in [-0.2, 0) is 6.42 Å². The SMILES string of the molecule is COc1ccc(C(NN)c2cccc3c2OCC3)c(F)c1. The van der Waals surface area contributed by atoms with Gasteiger partial charge in [-0.3, -0.25) is 5.84 Å². The predicted octanol–water partition coefficient (Wildman–Crippen LogP) is 2.32. The van der Waals surface area contributed by atoms with Gasteiger partial charge in [0.05, 0.1) is 19.8 Å². The van der Waals surface area contributed by atoms with Crippen LogP contribution in [0.1, 0.15) is 22.7 Å². The van der Waals surface area contributed by atoms with Gasteiger partial charge < -0.3 is 9.47 Å². The number of hydrogen-bond acceptors (Lipinski definition) is 4. The van der Waals surface area contributed by atoms with Crippen LogP contribution >= 0.6 is 0 Å². The maximum absolute atomic E-state index is 14.3. The lowest BCUT2D eigenvalue weighted by Gasteiger charge is -2.20. The minimum absolute atomic E-state index is 0.368. The Morgan fingerprint density at radius 1 is 1.29 bits per heavy atom. The number of ether oxygens (including phenoxy) is 2. The molecule has 4 nitrogen and oxygen atoms in total. The summed E-state index contributed by atoms with van der Waals surface area (Å²) in [6.07, 6.45) is 0.867. The molecule has 110 valence electrons. The molecule has 2 aromatic rings. The number of nitrogens with two attached hydrogens (primary N) is 1. The monoisotopic (exact) mass is 288 g/mol. The fraction of sp³-hybridized carbons (Fsp3) is 0.250. The molecule has 3 N–H and O–H groups in total. The first-order valence-corrected chi connectivity index (χ1v) is 6.78. The van der Waals surface area contributed by atoms with Crippen molar-refractivity contribution in [3.63, 3.8) is 0 Å². The topological polar surface area (TPSA) is 56.5 Å². The van der Waals surface area contributed by atoms with Crippen LogP contribution in [-0.4, -0.2) is 13.7 Å². The second-order valence-corrected chi connectivity index (χ2v) is 4.92. The van der Waals surface area contributed by atoms with Crippen LogP contribution in [0.2, 0.25) is 0 Å². The van der Waals surface area contributed by atoms with Crippen molar-refractivity contribution in [2.45, 2.75) is 12.5 Å². The van der Waals surface area contributed by atoms with Crippen molar-refractivity contribution in [2.75, 3.05) is 13.7 Å².